The molecular formula is C37H60NO35P. The Morgan fingerprint density at radius 3 is 1.55 bits per heavy atom. The van der Waals surface area contributed by atoms with Gasteiger partial charge in [0.15, 0.2) is 37.0 Å². The van der Waals surface area contributed by atoms with Crippen LogP contribution in [0.4, 0.5) is 0 Å². The van der Waals surface area contributed by atoms with E-state index in [4.69, 9.17) is 47.4 Å². The third kappa shape index (κ3) is 13.8. The SMILES string of the molecule is CC(=O)N[C@H]1[C@H](O[C@H]2[C@H](O)[C@@H](O)[C@H](O[C@H]3[C@@H](O)[C@@H](CO)O[C@@H](O[C@H]4[C@@H](O)[C@@H](CO)O[C@@H](O[C@@H]([C@H](O)CO)[C@H](CO)OP(=O)(O)O)[C@@H]4O)[C@@H]3O)O[C@@H]2C(=O)O)O[C@H](CO)[C@H](O)[C@@H]1O[C@@H]1OC(C(=O)O)=C(O)[C@H](O)[C@H]1O. The van der Waals surface area contributed by atoms with E-state index in [2.05, 4.69) is 9.84 Å². The normalized spacial score (nSPS) is 42.4. The van der Waals surface area contributed by atoms with E-state index in [1.807, 2.05) is 0 Å². The number of aliphatic hydroxyl groups is 16. The zero-order valence-electron chi connectivity index (χ0n) is 38.1. The van der Waals surface area contributed by atoms with Gasteiger partial charge < -0.3 is 154 Å². The van der Waals surface area contributed by atoms with Crippen molar-refractivity contribution in [2.24, 2.45) is 0 Å². The fraction of sp³-hybridized carbons (Fsp3) is 0.865. The third-order valence-corrected chi connectivity index (χ3v) is 12.6. The van der Waals surface area contributed by atoms with Crippen molar-refractivity contribution in [2.45, 2.75) is 166 Å². The summed E-state index contributed by atoms with van der Waals surface area (Å²) in [6.07, 6.45) is -55.6. The van der Waals surface area contributed by atoms with Crippen molar-refractivity contribution in [2.75, 3.05) is 33.0 Å². The van der Waals surface area contributed by atoms with E-state index in [1.165, 1.54) is 0 Å². The minimum absolute atomic E-state index is 0.899. The molecule has 4 fully saturated rings. The minimum atomic E-state index is -5.45. The summed E-state index contributed by atoms with van der Waals surface area (Å²) >= 11 is 0. The van der Waals surface area contributed by atoms with Crippen LogP contribution in [0, 0.1) is 0 Å². The predicted octanol–water partition coefficient (Wildman–Crippen LogP) is -12.3. The number of amides is 1. The van der Waals surface area contributed by atoms with E-state index >= 15 is 0 Å². The van der Waals surface area contributed by atoms with Crippen LogP contribution in [0.2, 0.25) is 0 Å². The summed E-state index contributed by atoms with van der Waals surface area (Å²) in [6, 6.07) is -1.94. The quantitative estimate of drug-likeness (QED) is 0.0448. The van der Waals surface area contributed by atoms with Gasteiger partial charge in [0.2, 0.25) is 18.0 Å². The van der Waals surface area contributed by atoms with Crippen molar-refractivity contribution in [3.8, 4) is 0 Å². The molecule has 74 heavy (non-hydrogen) atoms. The van der Waals surface area contributed by atoms with Crippen molar-refractivity contribution in [1.82, 2.24) is 5.32 Å². The van der Waals surface area contributed by atoms with Gasteiger partial charge >= 0.3 is 19.8 Å². The second-order valence-electron chi connectivity index (χ2n) is 17.1. The summed E-state index contributed by atoms with van der Waals surface area (Å²) in [6.45, 7) is -5.00. The van der Waals surface area contributed by atoms with E-state index in [0.717, 1.165) is 6.92 Å². The Labute approximate surface area is 414 Å². The molecule has 36 nitrogen and oxygen atoms in total. The number of ether oxygens (including phenoxy) is 10. The Morgan fingerprint density at radius 1 is 0.608 bits per heavy atom. The van der Waals surface area contributed by atoms with Crippen LogP contribution in [-0.2, 0) is 70.8 Å². The second kappa shape index (κ2) is 26.0. The van der Waals surface area contributed by atoms with Crippen LogP contribution in [-0.4, -0.2) is 312 Å². The molecule has 0 aromatic carbocycles. The first-order valence-electron chi connectivity index (χ1n) is 22.0. The second-order valence-corrected chi connectivity index (χ2v) is 18.3. The molecule has 5 aliphatic heterocycles. The summed E-state index contributed by atoms with van der Waals surface area (Å²) in [5.41, 5.74) is 0. The molecule has 0 aromatic rings. The highest BCUT2D eigenvalue weighted by Gasteiger charge is 2.58. The van der Waals surface area contributed by atoms with Crippen LogP contribution in [0.25, 0.3) is 0 Å². The number of carbonyl (C=O) groups excluding carboxylic acids is 1. The zero-order chi connectivity index (χ0) is 55.4. The Hall–Kier alpha value is -3.10. The largest absolute Gasteiger partial charge is 0.506 e. The molecule has 26 atom stereocenters. The summed E-state index contributed by atoms with van der Waals surface area (Å²) in [4.78, 5) is 55.5. The van der Waals surface area contributed by atoms with Gasteiger partial charge in [-0.05, 0) is 0 Å². The van der Waals surface area contributed by atoms with Gasteiger partial charge in [0, 0.05) is 6.92 Å². The number of carboxylic acid groups (broad SMARTS) is 2. The van der Waals surface area contributed by atoms with E-state index in [0.29, 0.717) is 0 Å². The molecule has 21 N–H and O–H groups in total. The lowest BCUT2D eigenvalue weighted by atomic mass is 9.94. The lowest BCUT2D eigenvalue weighted by molar-refractivity contribution is -0.388. The molecule has 428 valence electrons. The molecule has 0 aromatic heterocycles. The summed E-state index contributed by atoms with van der Waals surface area (Å²) < 4.78 is 70.7. The van der Waals surface area contributed by atoms with Crippen molar-refractivity contribution >= 4 is 25.7 Å². The van der Waals surface area contributed by atoms with Crippen LogP contribution in [0.3, 0.4) is 0 Å². The Bertz CT molecular complexity index is 1950. The van der Waals surface area contributed by atoms with Gasteiger partial charge in [-0.1, -0.05) is 0 Å². The average molecular weight is 1110 g/mol. The number of aliphatic hydroxyl groups excluding tert-OH is 16. The monoisotopic (exact) mass is 1110 g/mol. The first-order chi connectivity index (χ1) is 34.6. The van der Waals surface area contributed by atoms with Gasteiger partial charge in [0.25, 0.3) is 0 Å². The number of aliphatic carboxylic acids is 2. The number of phosphoric acid groups is 1. The standard InChI is InChI=1S/C37H60NO35P/c1-7(44)38-13-25(67-34-20(52)17(49)18(50)29(71-34)31(56)57)14(46)9(3-40)63-33(13)70-28-19(51)21(53)35(72-30(28)32(58)59)68-26-15(47)11(5-42)65-37(23(26)55)69-27-16(48)10(4-41)64-36(22(27)54)66-24(8(45)2-39)12(6-43)73-74(60,61)62/h8-17,19-28,30,33-37,39-43,45-55H,2-6H2,1H3,(H,38,44)(H,56,57)(H,58,59)(H2,60,61,62)/t8-,9-,10-,11-,12+,13-,14+,15+,16+,17+,19-,20-,21-,22-,23-,24+,25-,26+,27+,28+,30+,33+,34-,35-,36+,37+/m1/s1. The highest BCUT2D eigenvalue weighted by atomic mass is 31.2. The molecule has 0 saturated carbocycles. The Kier molecular flexibility index (Phi) is 21.7. The number of hydrogen-bond donors (Lipinski definition) is 21. The van der Waals surface area contributed by atoms with Gasteiger partial charge in [0.1, 0.15) is 122 Å². The average Bonchev–Trinajstić information content (AvgIpc) is 3.34. The maximum absolute atomic E-state index is 12.8. The van der Waals surface area contributed by atoms with Crippen molar-refractivity contribution in [3.05, 3.63) is 11.5 Å². The van der Waals surface area contributed by atoms with E-state index < -0.39 is 230 Å². The van der Waals surface area contributed by atoms with E-state index in [-0.39, 0.29) is 0 Å². The lowest BCUT2D eigenvalue weighted by Gasteiger charge is -2.49. The molecule has 0 spiro atoms. The van der Waals surface area contributed by atoms with Crippen LogP contribution in [0.5, 0.6) is 0 Å². The molecule has 5 aliphatic rings. The Balaban J connectivity index is 1.38. The molecule has 5 rings (SSSR count). The van der Waals surface area contributed by atoms with Gasteiger partial charge in [0.05, 0.1) is 33.0 Å². The maximum atomic E-state index is 12.8. The van der Waals surface area contributed by atoms with Crippen LogP contribution in [0.15, 0.2) is 11.5 Å². The zero-order valence-corrected chi connectivity index (χ0v) is 39.0. The fourth-order valence-electron chi connectivity index (χ4n) is 8.32. The molecular weight excluding hydrogens is 1050 g/mol. The van der Waals surface area contributed by atoms with E-state index in [9.17, 15) is 121 Å². The van der Waals surface area contributed by atoms with Gasteiger partial charge in [-0.25, -0.2) is 14.2 Å². The fourth-order valence-corrected chi connectivity index (χ4v) is 8.86. The minimum Gasteiger partial charge on any atom is -0.506 e. The van der Waals surface area contributed by atoms with Crippen molar-refractivity contribution < 1.29 is 173 Å². The van der Waals surface area contributed by atoms with Crippen LogP contribution >= 0.6 is 7.82 Å². The summed E-state index contributed by atoms with van der Waals surface area (Å²) in [7, 11) is -5.45. The Morgan fingerprint density at radius 2 is 1.08 bits per heavy atom. The molecule has 0 bridgehead atoms. The highest BCUT2D eigenvalue weighted by Crippen LogP contribution is 2.40. The maximum Gasteiger partial charge on any atom is 0.470 e. The number of carbonyl (C=O) groups is 3. The number of rotatable bonds is 22. The highest BCUT2D eigenvalue weighted by molar-refractivity contribution is 7.46. The van der Waals surface area contributed by atoms with Gasteiger partial charge in [-0.15, -0.1) is 0 Å². The molecule has 0 radical (unpaired) electrons. The van der Waals surface area contributed by atoms with Crippen LogP contribution < -0.4 is 5.32 Å². The number of nitrogens with one attached hydrogen (secondary N) is 1. The molecule has 1 amide bonds. The number of carboxylic acids is 2. The van der Waals surface area contributed by atoms with Crippen molar-refractivity contribution in [1.29, 1.82) is 0 Å². The summed E-state index contributed by atoms with van der Waals surface area (Å²) in [5, 5.41) is 192. The molecule has 0 aliphatic carbocycles. The molecule has 4 saturated heterocycles. The molecule has 0 unspecified atom stereocenters. The van der Waals surface area contributed by atoms with E-state index in [1.54, 1.807) is 0 Å². The number of hydrogen-bond acceptors (Lipinski definition) is 31. The smallest absolute Gasteiger partial charge is 0.470 e. The van der Waals surface area contributed by atoms with Crippen LogP contribution in [0.1, 0.15) is 6.92 Å². The third-order valence-electron chi connectivity index (χ3n) is 12.0. The predicted molar refractivity (Wildman–Crippen MR) is 219 cm³/mol. The molecule has 5 heterocycles. The van der Waals surface area contributed by atoms with Gasteiger partial charge in [-0.2, -0.15) is 0 Å². The summed E-state index contributed by atoms with van der Waals surface area (Å²) in [5.74, 6) is -7.61. The molecule has 37 heteroatoms. The number of phosphoric ester groups is 1. The first kappa shape index (κ1) is 61.7. The topological polar surface area (TPSA) is 586 Å². The van der Waals surface area contributed by atoms with Crippen molar-refractivity contribution in [3.63, 3.8) is 0 Å². The first-order valence-corrected chi connectivity index (χ1v) is 23.5. The van der Waals surface area contributed by atoms with Gasteiger partial charge in [-0.3, -0.25) is 9.32 Å². The lowest BCUT2D eigenvalue weighted by Crippen LogP contribution is -2.70.